The van der Waals surface area contributed by atoms with Crippen molar-refractivity contribution in [3.63, 3.8) is 0 Å². The fraction of sp³-hybridized carbons (Fsp3) is 0.550. The highest BCUT2D eigenvalue weighted by Gasteiger charge is 2.52. The van der Waals surface area contributed by atoms with Gasteiger partial charge in [0.15, 0.2) is 0 Å². The van der Waals surface area contributed by atoms with Gasteiger partial charge >= 0.3 is 0 Å². The van der Waals surface area contributed by atoms with Gasteiger partial charge in [-0.05, 0) is 37.8 Å². The molecule has 2 heterocycles. The van der Waals surface area contributed by atoms with Gasteiger partial charge in [-0.25, -0.2) is 0 Å². The number of fused-ring (bicyclic) bond motifs is 2. The molecule has 7 heteroatoms. The van der Waals surface area contributed by atoms with E-state index in [1.54, 1.807) is 19.5 Å². The molecule has 1 saturated heterocycles. The number of benzene rings is 1. The quantitative estimate of drug-likeness (QED) is 0.863. The maximum absolute atomic E-state index is 13.4. The van der Waals surface area contributed by atoms with E-state index < -0.39 is 0 Å². The average molecular weight is 371 g/mol. The smallest absolute Gasteiger partial charge is 0.256 e. The van der Waals surface area contributed by atoms with Gasteiger partial charge in [-0.3, -0.25) is 14.8 Å². The Hall–Kier alpha value is -2.09. The van der Waals surface area contributed by atoms with Crippen molar-refractivity contribution in [2.75, 3.05) is 26.9 Å². The molecular weight excluding hydrogens is 346 g/mol. The number of carbonyl (C=O) groups excluding carboxylic acids is 1. The number of aliphatic hydroxyl groups is 1. The molecule has 144 valence electrons. The van der Waals surface area contributed by atoms with E-state index in [2.05, 4.69) is 9.97 Å². The molecule has 1 aliphatic heterocycles. The van der Waals surface area contributed by atoms with Crippen LogP contribution in [0.3, 0.4) is 0 Å². The second kappa shape index (κ2) is 7.50. The number of rotatable bonds is 5. The predicted molar refractivity (Wildman–Crippen MR) is 99.4 cm³/mol. The third-order valence-electron chi connectivity index (χ3n) is 5.98. The van der Waals surface area contributed by atoms with E-state index in [-0.39, 0.29) is 30.3 Å². The van der Waals surface area contributed by atoms with Crippen LogP contribution in [0.2, 0.25) is 0 Å². The predicted octanol–water partition coefficient (Wildman–Crippen LogP) is 1.79. The Bertz CT molecular complexity index is 824. The highest BCUT2D eigenvalue weighted by molar-refractivity contribution is 6.04. The molecule has 4 rings (SSSR count). The summed E-state index contributed by atoms with van der Waals surface area (Å²) in [5.41, 5.74) is 1.61. The van der Waals surface area contributed by atoms with Crippen LogP contribution in [0, 0.1) is 0 Å². The molecule has 1 saturated carbocycles. The van der Waals surface area contributed by atoms with Gasteiger partial charge in [0.1, 0.15) is 5.52 Å². The number of nitrogens with zero attached hydrogens (tertiary/aromatic N) is 3. The molecule has 0 radical (unpaired) electrons. The van der Waals surface area contributed by atoms with Gasteiger partial charge in [-0.2, -0.15) is 0 Å². The summed E-state index contributed by atoms with van der Waals surface area (Å²) in [6, 6.07) is 5.48. The van der Waals surface area contributed by atoms with Gasteiger partial charge in [-0.15, -0.1) is 0 Å². The number of aromatic nitrogens is 2. The second-order valence-corrected chi connectivity index (χ2v) is 7.25. The summed E-state index contributed by atoms with van der Waals surface area (Å²) in [5, 5.41) is 9.04. The number of aliphatic hydroxyl groups excluding tert-OH is 1. The molecule has 1 amide bonds. The van der Waals surface area contributed by atoms with Crippen LogP contribution in [0.15, 0.2) is 30.6 Å². The van der Waals surface area contributed by atoms with Gasteiger partial charge in [0.2, 0.25) is 0 Å². The standard InChI is InChI=1S/C20H25N3O4/c1-26-20-6-5-14(27-12-11-24)13-17(20)23(10-7-20)19(25)15-3-2-4-16-18(15)22-9-8-21-16/h2-4,8-9,14,17,24H,5-7,10-13H2,1H3/t14-,17-,20+/m0/s1. The summed E-state index contributed by atoms with van der Waals surface area (Å²) < 4.78 is 11.7. The first kappa shape index (κ1) is 18.3. The summed E-state index contributed by atoms with van der Waals surface area (Å²) >= 11 is 0. The molecule has 1 aromatic carbocycles. The van der Waals surface area contributed by atoms with Crippen molar-refractivity contribution in [2.24, 2.45) is 0 Å². The zero-order valence-electron chi connectivity index (χ0n) is 15.5. The van der Waals surface area contributed by atoms with Crippen LogP contribution in [-0.4, -0.2) is 70.5 Å². The minimum absolute atomic E-state index is 0.00784. The number of ether oxygens (including phenoxy) is 2. The number of methoxy groups -OCH3 is 1. The first-order chi connectivity index (χ1) is 13.2. The van der Waals surface area contributed by atoms with Crippen molar-refractivity contribution in [1.82, 2.24) is 14.9 Å². The highest BCUT2D eigenvalue weighted by Crippen LogP contribution is 2.43. The van der Waals surface area contributed by atoms with Crippen molar-refractivity contribution in [3.05, 3.63) is 36.2 Å². The molecule has 3 atom stereocenters. The average Bonchev–Trinajstić information content (AvgIpc) is 3.10. The summed E-state index contributed by atoms with van der Waals surface area (Å²) in [6.07, 6.45) is 6.55. The molecule has 7 nitrogen and oxygen atoms in total. The minimum atomic E-state index is -0.314. The summed E-state index contributed by atoms with van der Waals surface area (Å²) in [4.78, 5) is 24.0. The van der Waals surface area contributed by atoms with Crippen LogP contribution in [0.5, 0.6) is 0 Å². The van der Waals surface area contributed by atoms with Crippen molar-refractivity contribution < 1.29 is 19.4 Å². The SMILES string of the molecule is CO[C@@]12CC[C@H](OCCO)C[C@@H]1N(C(=O)c1cccc3nccnc13)CC2. The summed E-state index contributed by atoms with van der Waals surface area (Å²) in [7, 11) is 1.74. The van der Waals surface area contributed by atoms with Gasteiger partial charge in [0, 0.05) is 26.0 Å². The van der Waals surface area contributed by atoms with Gasteiger partial charge < -0.3 is 19.5 Å². The summed E-state index contributed by atoms with van der Waals surface area (Å²) in [6.45, 7) is 0.985. The van der Waals surface area contributed by atoms with E-state index in [4.69, 9.17) is 14.6 Å². The molecule has 2 fully saturated rings. The van der Waals surface area contributed by atoms with Crippen molar-refractivity contribution in [1.29, 1.82) is 0 Å². The van der Waals surface area contributed by atoms with E-state index in [0.717, 1.165) is 25.7 Å². The Labute approximate surface area is 158 Å². The molecule has 0 bridgehead atoms. The third kappa shape index (κ3) is 3.20. The maximum atomic E-state index is 13.4. The first-order valence-corrected chi connectivity index (χ1v) is 9.47. The Morgan fingerprint density at radius 3 is 3.00 bits per heavy atom. The molecule has 2 aliphatic rings. The Balaban J connectivity index is 1.63. The van der Waals surface area contributed by atoms with Crippen LogP contribution in [0.4, 0.5) is 0 Å². The van der Waals surface area contributed by atoms with E-state index in [1.165, 1.54) is 0 Å². The fourth-order valence-corrected chi connectivity index (χ4v) is 4.60. The van der Waals surface area contributed by atoms with E-state index in [9.17, 15) is 4.79 Å². The number of hydrogen-bond acceptors (Lipinski definition) is 6. The molecule has 0 unspecified atom stereocenters. The van der Waals surface area contributed by atoms with Gasteiger partial charge in [0.05, 0.1) is 42.0 Å². The second-order valence-electron chi connectivity index (χ2n) is 7.25. The van der Waals surface area contributed by atoms with Crippen LogP contribution < -0.4 is 0 Å². The molecule has 1 aromatic heterocycles. The Morgan fingerprint density at radius 2 is 2.19 bits per heavy atom. The number of likely N-dealkylation sites (tertiary alicyclic amines) is 1. The van der Waals surface area contributed by atoms with E-state index >= 15 is 0 Å². The molecule has 2 aromatic rings. The highest BCUT2D eigenvalue weighted by atomic mass is 16.5. The Morgan fingerprint density at radius 1 is 1.33 bits per heavy atom. The van der Waals surface area contributed by atoms with Crippen molar-refractivity contribution in [2.45, 2.75) is 43.4 Å². The topological polar surface area (TPSA) is 84.8 Å². The zero-order valence-corrected chi connectivity index (χ0v) is 15.5. The third-order valence-corrected chi connectivity index (χ3v) is 5.98. The maximum Gasteiger partial charge on any atom is 0.256 e. The van der Waals surface area contributed by atoms with Crippen LogP contribution in [0.25, 0.3) is 11.0 Å². The number of para-hydroxylation sites is 1. The zero-order chi connectivity index (χ0) is 18.9. The van der Waals surface area contributed by atoms with Crippen LogP contribution in [-0.2, 0) is 9.47 Å². The summed E-state index contributed by atoms with van der Waals surface area (Å²) in [5.74, 6) is -0.0344. The lowest BCUT2D eigenvalue weighted by molar-refractivity contribution is -0.0991. The molecule has 1 N–H and O–H groups in total. The molecule has 27 heavy (non-hydrogen) atoms. The largest absolute Gasteiger partial charge is 0.394 e. The fourth-order valence-electron chi connectivity index (χ4n) is 4.60. The normalized spacial score (nSPS) is 27.7. The lowest BCUT2D eigenvalue weighted by Crippen LogP contribution is -2.53. The number of hydrogen-bond donors (Lipinski definition) is 1. The van der Waals surface area contributed by atoms with Gasteiger partial charge in [-0.1, -0.05) is 6.07 Å². The molecule has 1 aliphatic carbocycles. The molecule has 0 spiro atoms. The lowest BCUT2D eigenvalue weighted by atomic mass is 9.79. The lowest BCUT2D eigenvalue weighted by Gasteiger charge is -2.43. The minimum Gasteiger partial charge on any atom is -0.394 e. The first-order valence-electron chi connectivity index (χ1n) is 9.47. The van der Waals surface area contributed by atoms with E-state index in [1.807, 2.05) is 23.1 Å². The molecular formula is C20H25N3O4. The Kier molecular flexibility index (Phi) is 5.08. The van der Waals surface area contributed by atoms with E-state index in [0.29, 0.717) is 29.7 Å². The number of amides is 1. The van der Waals surface area contributed by atoms with Crippen LogP contribution >= 0.6 is 0 Å². The van der Waals surface area contributed by atoms with Gasteiger partial charge in [0.25, 0.3) is 5.91 Å². The van der Waals surface area contributed by atoms with Crippen molar-refractivity contribution in [3.8, 4) is 0 Å². The number of carbonyl (C=O) groups is 1. The van der Waals surface area contributed by atoms with Crippen LogP contribution in [0.1, 0.15) is 36.0 Å². The van der Waals surface area contributed by atoms with Crippen molar-refractivity contribution >= 4 is 16.9 Å². The monoisotopic (exact) mass is 371 g/mol.